The Morgan fingerprint density at radius 1 is 1.19 bits per heavy atom. The molecule has 0 saturated heterocycles. The van der Waals surface area contributed by atoms with Crippen LogP contribution in [0.3, 0.4) is 0 Å². The molecule has 2 aliphatic rings. The first-order valence-corrected chi connectivity index (χ1v) is 12.5. The highest BCUT2D eigenvalue weighted by molar-refractivity contribution is 5.69. The van der Waals surface area contributed by atoms with E-state index in [4.69, 9.17) is 4.74 Å². The molecule has 3 rings (SSSR count). The number of aliphatic hydroxyl groups is 1. The summed E-state index contributed by atoms with van der Waals surface area (Å²) in [6.07, 6.45) is 12.6. The number of rotatable bonds is 8. The third kappa shape index (κ3) is 6.71. The summed E-state index contributed by atoms with van der Waals surface area (Å²) in [4.78, 5) is 12.3. The molecule has 1 amide bonds. The minimum absolute atomic E-state index is 0.0482. The molecule has 4 heteroatoms. The molecule has 0 aliphatic heterocycles. The summed E-state index contributed by atoms with van der Waals surface area (Å²) in [7, 11) is 0. The fourth-order valence-electron chi connectivity index (χ4n) is 5.44. The number of aryl methyl sites for hydroxylation is 1. The maximum absolute atomic E-state index is 12.3. The van der Waals surface area contributed by atoms with Crippen molar-refractivity contribution in [3.63, 3.8) is 0 Å². The van der Waals surface area contributed by atoms with Gasteiger partial charge in [-0.2, -0.15) is 0 Å². The second-order valence-corrected chi connectivity index (χ2v) is 11.0. The van der Waals surface area contributed by atoms with Crippen LogP contribution in [-0.4, -0.2) is 28.9 Å². The number of hydrogen-bond donors (Lipinski definition) is 2. The monoisotopic (exact) mass is 429 g/mol. The molecule has 4 nitrogen and oxygen atoms in total. The highest BCUT2D eigenvalue weighted by atomic mass is 16.6. The largest absolute Gasteiger partial charge is 0.444 e. The van der Waals surface area contributed by atoms with Gasteiger partial charge >= 0.3 is 6.09 Å². The van der Waals surface area contributed by atoms with E-state index in [1.54, 1.807) is 0 Å². The number of aliphatic hydroxyl groups excluding tert-OH is 1. The molecule has 1 aromatic rings. The molecule has 1 fully saturated rings. The number of carbonyl (C=O) groups excluding carboxylic acids is 1. The van der Waals surface area contributed by atoms with E-state index in [9.17, 15) is 9.90 Å². The molecule has 0 spiro atoms. The lowest BCUT2D eigenvalue weighted by molar-refractivity contribution is 0.0401. The predicted octanol–water partition coefficient (Wildman–Crippen LogP) is 6.29. The van der Waals surface area contributed by atoms with Gasteiger partial charge in [0, 0.05) is 0 Å². The number of fused-ring (bicyclic) bond motifs is 1. The highest BCUT2D eigenvalue weighted by Crippen LogP contribution is 2.42. The maximum atomic E-state index is 12.3. The molecule has 31 heavy (non-hydrogen) atoms. The van der Waals surface area contributed by atoms with Gasteiger partial charge in [-0.1, -0.05) is 57.2 Å². The van der Waals surface area contributed by atoms with Crippen molar-refractivity contribution in [2.45, 2.75) is 115 Å². The summed E-state index contributed by atoms with van der Waals surface area (Å²) in [5.74, 6) is 1.22. The Hall–Kier alpha value is -1.55. The third-order valence-corrected chi connectivity index (χ3v) is 7.18. The number of nitrogens with one attached hydrogen (secondary N) is 1. The van der Waals surface area contributed by atoms with Crippen molar-refractivity contribution in [3.05, 3.63) is 34.9 Å². The molecule has 0 heterocycles. The first-order chi connectivity index (χ1) is 14.7. The zero-order chi connectivity index (χ0) is 22.5. The van der Waals surface area contributed by atoms with Gasteiger partial charge in [0.2, 0.25) is 0 Å². The standard InChI is InChI=1S/C27H43NO3/c1-5-6-7-8-9-20-10-11-22-17-23(13-12-21(22)16-20)24-14-15-27(18-24,19-29)28-25(30)31-26(2,3)4/h12-13,17,20,24,29H,5-11,14-16,18-19H2,1-4H3,(H,28,30). The first-order valence-electron chi connectivity index (χ1n) is 12.5. The molecule has 1 saturated carbocycles. The Morgan fingerprint density at radius 3 is 2.71 bits per heavy atom. The molecular formula is C27H43NO3. The molecule has 2 aliphatic carbocycles. The van der Waals surface area contributed by atoms with E-state index in [0.29, 0.717) is 5.92 Å². The normalized spacial score (nSPS) is 25.8. The average molecular weight is 430 g/mol. The van der Waals surface area contributed by atoms with Crippen molar-refractivity contribution in [2.75, 3.05) is 6.61 Å². The second-order valence-electron chi connectivity index (χ2n) is 11.0. The Balaban J connectivity index is 1.59. The average Bonchev–Trinajstić information content (AvgIpc) is 3.13. The van der Waals surface area contributed by atoms with Gasteiger partial charge in [0.15, 0.2) is 0 Å². The number of ether oxygens (including phenoxy) is 1. The van der Waals surface area contributed by atoms with Gasteiger partial charge < -0.3 is 15.2 Å². The SMILES string of the molecule is CCCCCCC1CCc2cc(C3CCC(CO)(NC(=O)OC(C)(C)C)C3)ccc2C1. The van der Waals surface area contributed by atoms with Crippen LogP contribution in [0.2, 0.25) is 0 Å². The van der Waals surface area contributed by atoms with Gasteiger partial charge in [-0.15, -0.1) is 0 Å². The highest BCUT2D eigenvalue weighted by Gasteiger charge is 2.41. The molecule has 3 atom stereocenters. The fraction of sp³-hybridized carbons (Fsp3) is 0.741. The molecule has 0 bridgehead atoms. The van der Waals surface area contributed by atoms with Gasteiger partial charge in [-0.3, -0.25) is 0 Å². The fourth-order valence-corrected chi connectivity index (χ4v) is 5.44. The number of carbonyl (C=O) groups is 1. The lowest BCUT2D eigenvalue weighted by Crippen LogP contribution is -2.51. The van der Waals surface area contributed by atoms with Gasteiger partial charge in [0.25, 0.3) is 0 Å². The maximum Gasteiger partial charge on any atom is 0.408 e. The van der Waals surface area contributed by atoms with Crippen LogP contribution in [0.5, 0.6) is 0 Å². The summed E-state index contributed by atoms with van der Waals surface area (Å²) in [5, 5.41) is 13.1. The van der Waals surface area contributed by atoms with Gasteiger partial charge in [0.1, 0.15) is 5.60 Å². The van der Waals surface area contributed by atoms with Crippen molar-refractivity contribution >= 4 is 6.09 Å². The first kappa shape index (κ1) is 24.1. The van der Waals surface area contributed by atoms with E-state index in [1.807, 2.05) is 20.8 Å². The topological polar surface area (TPSA) is 58.6 Å². The van der Waals surface area contributed by atoms with E-state index >= 15 is 0 Å². The molecule has 174 valence electrons. The Bertz CT molecular complexity index is 738. The van der Waals surface area contributed by atoms with Crippen molar-refractivity contribution in [3.8, 4) is 0 Å². The summed E-state index contributed by atoms with van der Waals surface area (Å²) in [6.45, 7) is 7.81. The van der Waals surface area contributed by atoms with Crippen LogP contribution < -0.4 is 5.32 Å². The minimum atomic E-state index is -0.577. The van der Waals surface area contributed by atoms with Crippen LogP contribution >= 0.6 is 0 Å². The van der Waals surface area contributed by atoms with Crippen LogP contribution in [0.4, 0.5) is 4.79 Å². The summed E-state index contributed by atoms with van der Waals surface area (Å²) < 4.78 is 5.43. The van der Waals surface area contributed by atoms with Crippen molar-refractivity contribution < 1.29 is 14.6 Å². The Labute approximate surface area is 189 Å². The lowest BCUT2D eigenvalue weighted by atomic mass is 9.79. The van der Waals surface area contributed by atoms with E-state index < -0.39 is 17.2 Å². The third-order valence-electron chi connectivity index (χ3n) is 7.18. The molecule has 1 aromatic carbocycles. The van der Waals surface area contributed by atoms with Crippen molar-refractivity contribution in [1.82, 2.24) is 5.32 Å². The zero-order valence-electron chi connectivity index (χ0n) is 20.1. The van der Waals surface area contributed by atoms with E-state index in [0.717, 1.165) is 25.2 Å². The zero-order valence-corrected chi connectivity index (χ0v) is 20.1. The van der Waals surface area contributed by atoms with Gasteiger partial charge in [0.05, 0.1) is 12.1 Å². The predicted molar refractivity (Wildman–Crippen MR) is 126 cm³/mol. The molecular weight excluding hydrogens is 386 g/mol. The van der Waals surface area contributed by atoms with E-state index in [2.05, 4.69) is 30.4 Å². The van der Waals surface area contributed by atoms with Gasteiger partial charge in [-0.05, 0) is 87.8 Å². The van der Waals surface area contributed by atoms with E-state index in [1.165, 1.54) is 68.1 Å². The van der Waals surface area contributed by atoms with Crippen LogP contribution in [-0.2, 0) is 17.6 Å². The number of hydrogen-bond acceptors (Lipinski definition) is 3. The molecule has 0 radical (unpaired) electrons. The smallest absolute Gasteiger partial charge is 0.408 e. The van der Waals surface area contributed by atoms with Crippen LogP contribution in [0, 0.1) is 5.92 Å². The van der Waals surface area contributed by atoms with Crippen LogP contribution in [0.25, 0.3) is 0 Å². The second kappa shape index (κ2) is 10.4. The lowest BCUT2D eigenvalue weighted by Gasteiger charge is -2.30. The Kier molecular flexibility index (Phi) is 8.07. The van der Waals surface area contributed by atoms with E-state index in [-0.39, 0.29) is 6.61 Å². The van der Waals surface area contributed by atoms with Crippen LogP contribution in [0.15, 0.2) is 18.2 Å². The summed E-state index contributed by atoms with van der Waals surface area (Å²) in [5.41, 5.74) is 3.30. The minimum Gasteiger partial charge on any atom is -0.444 e. The summed E-state index contributed by atoms with van der Waals surface area (Å²) >= 11 is 0. The number of amides is 1. The van der Waals surface area contributed by atoms with Crippen LogP contribution in [0.1, 0.15) is 108 Å². The molecule has 2 N–H and O–H groups in total. The van der Waals surface area contributed by atoms with Crippen molar-refractivity contribution in [2.24, 2.45) is 5.92 Å². The molecule has 3 unspecified atom stereocenters. The summed E-state index contributed by atoms with van der Waals surface area (Å²) in [6, 6.07) is 7.06. The number of alkyl carbamates (subject to hydrolysis) is 1. The van der Waals surface area contributed by atoms with Crippen molar-refractivity contribution in [1.29, 1.82) is 0 Å². The quantitative estimate of drug-likeness (QED) is 0.478. The van der Waals surface area contributed by atoms with Gasteiger partial charge in [-0.25, -0.2) is 4.79 Å². The number of benzene rings is 1. The number of unbranched alkanes of at least 4 members (excludes halogenated alkanes) is 3. The Morgan fingerprint density at radius 2 is 2.00 bits per heavy atom. The molecule has 0 aromatic heterocycles.